The van der Waals surface area contributed by atoms with Crippen molar-refractivity contribution >= 4 is 0 Å². The quantitative estimate of drug-likeness (QED) is 0.224. The molecule has 0 atom stereocenters. The predicted octanol–water partition coefficient (Wildman–Crippen LogP) is 6.25. The maximum absolute atomic E-state index is 5.29. The fourth-order valence-electron chi connectivity index (χ4n) is 2.90. The Balaban J connectivity index is 2.95. The molecule has 0 aromatic rings. The molecule has 0 rings (SSSR count). The van der Waals surface area contributed by atoms with Crippen molar-refractivity contribution in [3.8, 4) is 0 Å². The van der Waals surface area contributed by atoms with Crippen LogP contribution in [-0.4, -0.2) is 25.7 Å². The molecule has 0 aromatic carbocycles. The van der Waals surface area contributed by atoms with Gasteiger partial charge in [0.2, 0.25) is 0 Å². The standard InChI is InChI=1S/C20H44N2O/c1-4-5-6-7-8-9-10-11-12-13-14-15-16-17-18-19-20-23-21-22(2)3/h21H,4-20H2,1-3H3. The summed E-state index contributed by atoms with van der Waals surface area (Å²) in [5.41, 5.74) is 2.83. The van der Waals surface area contributed by atoms with Crippen molar-refractivity contribution in [3.05, 3.63) is 0 Å². The van der Waals surface area contributed by atoms with Gasteiger partial charge in [0.25, 0.3) is 0 Å². The average Bonchev–Trinajstić information content (AvgIpc) is 2.53. The topological polar surface area (TPSA) is 24.5 Å². The molecule has 0 spiro atoms. The van der Waals surface area contributed by atoms with E-state index >= 15 is 0 Å². The van der Waals surface area contributed by atoms with E-state index < -0.39 is 0 Å². The Kier molecular flexibility index (Phi) is 19.8. The van der Waals surface area contributed by atoms with Gasteiger partial charge in [-0.3, -0.25) is 4.84 Å². The van der Waals surface area contributed by atoms with Gasteiger partial charge in [0.1, 0.15) is 0 Å². The largest absolute Gasteiger partial charge is 0.287 e. The molecule has 0 fully saturated rings. The molecule has 0 aliphatic heterocycles. The van der Waals surface area contributed by atoms with E-state index in [2.05, 4.69) is 12.5 Å². The van der Waals surface area contributed by atoms with Crippen LogP contribution in [0.4, 0.5) is 0 Å². The van der Waals surface area contributed by atoms with Crippen molar-refractivity contribution in [2.75, 3.05) is 20.7 Å². The first-order chi connectivity index (χ1) is 11.3. The number of hydrogen-bond donors (Lipinski definition) is 1. The zero-order valence-electron chi connectivity index (χ0n) is 16.4. The first-order valence-corrected chi connectivity index (χ1v) is 10.3. The van der Waals surface area contributed by atoms with Crippen molar-refractivity contribution in [1.82, 2.24) is 10.6 Å². The second-order valence-corrected chi connectivity index (χ2v) is 7.14. The lowest BCUT2D eigenvalue weighted by molar-refractivity contribution is -0.0603. The van der Waals surface area contributed by atoms with E-state index in [1.165, 1.54) is 103 Å². The molecule has 140 valence electrons. The van der Waals surface area contributed by atoms with E-state index in [4.69, 9.17) is 4.84 Å². The molecule has 0 heterocycles. The predicted molar refractivity (Wildman–Crippen MR) is 102 cm³/mol. The lowest BCUT2D eigenvalue weighted by Crippen LogP contribution is -2.30. The summed E-state index contributed by atoms with van der Waals surface area (Å²) < 4.78 is 0. The highest BCUT2D eigenvalue weighted by molar-refractivity contribution is 4.49. The summed E-state index contributed by atoms with van der Waals surface area (Å²) in [5.74, 6) is 0. The zero-order valence-corrected chi connectivity index (χ0v) is 16.4. The Morgan fingerprint density at radius 2 is 0.913 bits per heavy atom. The molecule has 0 radical (unpaired) electrons. The summed E-state index contributed by atoms with van der Waals surface area (Å²) in [6, 6.07) is 0. The van der Waals surface area contributed by atoms with E-state index in [1.807, 2.05) is 19.1 Å². The summed E-state index contributed by atoms with van der Waals surface area (Å²) in [6.45, 7) is 3.11. The van der Waals surface area contributed by atoms with Gasteiger partial charge in [0.15, 0.2) is 0 Å². The third kappa shape index (κ3) is 21.9. The lowest BCUT2D eigenvalue weighted by atomic mass is 10.0. The molecule has 0 aliphatic carbocycles. The van der Waals surface area contributed by atoms with Crippen molar-refractivity contribution in [2.24, 2.45) is 0 Å². The Morgan fingerprint density at radius 3 is 1.26 bits per heavy atom. The first-order valence-electron chi connectivity index (χ1n) is 10.3. The SMILES string of the molecule is CCCCCCCCCCCCCCCCCCONN(C)C. The highest BCUT2D eigenvalue weighted by atomic mass is 16.7. The molecule has 0 aromatic heterocycles. The van der Waals surface area contributed by atoms with Gasteiger partial charge < -0.3 is 0 Å². The summed E-state index contributed by atoms with van der Waals surface area (Å²) in [4.78, 5) is 5.29. The van der Waals surface area contributed by atoms with Crippen molar-refractivity contribution in [2.45, 2.75) is 110 Å². The lowest BCUT2D eigenvalue weighted by Gasteiger charge is -2.11. The van der Waals surface area contributed by atoms with Crippen LogP contribution in [0.1, 0.15) is 110 Å². The molecule has 1 N–H and O–H groups in total. The average molecular weight is 329 g/mol. The smallest absolute Gasteiger partial charge is 0.0698 e. The summed E-state index contributed by atoms with van der Waals surface area (Å²) in [6.07, 6.45) is 22.6. The molecule has 3 heteroatoms. The molecular weight excluding hydrogens is 284 g/mol. The van der Waals surface area contributed by atoms with Crippen LogP contribution in [-0.2, 0) is 4.84 Å². The Bertz CT molecular complexity index is 210. The van der Waals surface area contributed by atoms with E-state index in [0.29, 0.717) is 0 Å². The van der Waals surface area contributed by atoms with Gasteiger partial charge >= 0.3 is 0 Å². The zero-order chi connectivity index (χ0) is 17.0. The number of unbranched alkanes of at least 4 members (excludes halogenated alkanes) is 15. The van der Waals surface area contributed by atoms with Crippen molar-refractivity contribution in [1.29, 1.82) is 0 Å². The van der Waals surface area contributed by atoms with Crippen LogP contribution in [0.15, 0.2) is 0 Å². The van der Waals surface area contributed by atoms with Gasteiger partial charge in [-0.2, -0.15) is 0 Å². The Labute approximate surface area is 146 Å². The number of hydrazine groups is 1. The van der Waals surface area contributed by atoms with Gasteiger partial charge in [-0.05, 0) is 6.42 Å². The number of nitrogens with one attached hydrogen (secondary N) is 1. The molecule has 0 amide bonds. The molecule has 23 heavy (non-hydrogen) atoms. The van der Waals surface area contributed by atoms with Crippen LogP contribution in [0, 0.1) is 0 Å². The summed E-state index contributed by atoms with van der Waals surface area (Å²) >= 11 is 0. The van der Waals surface area contributed by atoms with Gasteiger partial charge in [0, 0.05) is 14.1 Å². The highest BCUT2D eigenvalue weighted by Crippen LogP contribution is 2.13. The van der Waals surface area contributed by atoms with Crippen LogP contribution in [0.2, 0.25) is 0 Å². The van der Waals surface area contributed by atoms with Crippen molar-refractivity contribution < 1.29 is 4.84 Å². The second kappa shape index (κ2) is 19.9. The number of rotatable bonds is 19. The van der Waals surface area contributed by atoms with Crippen LogP contribution >= 0.6 is 0 Å². The second-order valence-electron chi connectivity index (χ2n) is 7.14. The summed E-state index contributed by atoms with van der Waals surface area (Å²) in [7, 11) is 3.88. The van der Waals surface area contributed by atoms with Gasteiger partial charge in [0.05, 0.1) is 6.61 Å². The number of nitrogens with zero attached hydrogens (tertiary/aromatic N) is 1. The highest BCUT2D eigenvalue weighted by Gasteiger charge is 1.95. The Morgan fingerprint density at radius 1 is 0.565 bits per heavy atom. The third-order valence-electron chi connectivity index (χ3n) is 4.35. The maximum atomic E-state index is 5.29. The van der Waals surface area contributed by atoms with E-state index in [0.717, 1.165) is 6.61 Å². The monoisotopic (exact) mass is 328 g/mol. The van der Waals surface area contributed by atoms with Gasteiger partial charge in [-0.1, -0.05) is 103 Å². The third-order valence-corrected chi connectivity index (χ3v) is 4.35. The van der Waals surface area contributed by atoms with Gasteiger partial charge in [-0.25, -0.2) is 5.01 Å². The van der Waals surface area contributed by atoms with Crippen LogP contribution < -0.4 is 5.59 Å². The summed E-state index contributed by atoms with van der Waals surface area (Å²) in [5, 5.41) is 1.83. The normalized spacial score (nSPS) is 11.5. The van der Waals surface area contributed by atoms with E-state index in [1.54, 1.807) is 0 Å². The maximum Gasteiger partial charge on any atom is 0.0698 e. The van der Waals surface area contributed by atoms with Crippen LogP contribution in [0.25, 0.3) is 0 Å². The van der Waals surface area contributed by atoms with E-state index in [-0.39, 0.29) is 0 Å². The minimum absolute atomic E-state index is 0.816. The fraction of sp³-hybridized carbons (Fsp3) is 1.00. The van der Waals surface area contributed by atoms with Crippen LogP contribution in [0.5, 0.6) is 0 Å². The molecule has 0 saturated heterocycles. The van der Waals surface area contributed by atoms with Gasteiger partial charge in [-0.15, -0.1) is 5.59 Å². The minimum Gasteiger partial charge on any atom is -0.287 e. The molecule has 0 bridgehead atoms. The fourth-order valence-corrected chi connectivity index (χ4v) is 2.90. The molecule has 3 nitrogen and oxygen atoms in total. The number of hydrogen-bond acceptors (Lipinski definition) is 3. The molecule has 0 saturated carbocycles. The van der Waals surface area contributed by atoms with E-state index in [9.17, 15) is 0 Å². The van der Waals surface area contributed by atoms with Crippen molar-refractivity contribution in [3.63, 3.8) is 0 Å². The molecule has 0 unspecified atom stereocenters. The minimum atomic E-state index is 0.816. The first kappa shape index (κ1) is 22.9. The molecular formula is C20H44N2O. The Hall–Kier alpha value is -0.120. The molecule has 0 aliphatic rings. The van der Waals surface area contributed by atoms with Crippen LogP contribution in [0.3, 0.4) is 0 Å².